The number of amides is 1. The van der Waals surface area contributed by atoms with Crippen LogP contribution in [0.5, 0.6) is 0 Å². The fourth-order valence-corrected chi connectivity index (χ4v) is 6.26. The summed E-state index contributed by atoms with van der Waals surface area (Å²) in [5.41, 5.74) is 3.33. The summed E-state index contributed by atoms with van der Waals surface area (Å²) >= 11 is 4.03. The van der Waals surface area contributed by atoms with Gasteiger partial charge in [0.2, 0.25) is 11.8 Å². The molecule has 0 atom stereocenters. The standard InChI is InChI=1S/C22H25N5O4S3/c1-4-30-20(29)18-14-7-5-6-8-15(14)34-19(18)25-16(28)10-33-22-27-26-17(31-22)11-32-21-23-12(2)9-13(3)24-21/h9H,4-8,10-11H2,1-3H3,(H,25,28). The van der Waals surface area contributed by atoms with E-state index >= 15 is 0 Å². The average molecular weight is 520 g/mol. The van der Waals surface area contributed by atoms with E-state index in [2.05, 4.69) is 25.5 Å². The molecule has 0 spiro atoms. The minimum atomic E-state index is -0.378. The zero-order valence-corrected chi connectivity index (χ0v) is 21.6. The first kappa shape index (κ1) is 24.7. The number of thioether (sulfide) groups is 2. The van der Waals surface area contributed by atoms with Gasteiger partial charge in [-0.05, 0) is 58.1 Å². The van der Waals surface area contributed by atoms with Crippen molar-refractivity contribution in [1.82, 2.24) is 20.2 Å². The maximum absolute atomic E-state index is 12.6. The van der Waals surface area contributed by atoms with Gasteiger partial charge < -0.3 is 14.5 Å². The Bertz CT molecular complexity index is 1170. The van der Waals surface area contributed by atoms with Gasteiger partial charge in [-0.25, -0.2) is 14.8 Å². The van der Waals surface area contributed by atoms with Crippen LogP contribution in [-0.4, -0.2) is 44.4 Å². The lowest BCUT2D eigenvalue weighted by atomic mass is 9.95. The van der Waals surface area contributed by atoms with Crippen LogP contribution in [0.25, 0.3) is 0 Å². The summed E-state index contributed by atoms with van der Waals surface area (Å²) in [4.78, 5) is 35.1. The highest BCUT2D eigenvalue weighted by Crippen LogP contribution is 2.38. The maximum Gasteiger partial charge on any atom is 0.341 e. The molecule has 0 fully saturated rings. The predicted molar refractivity (Wildman–Crippen MR) is 132 cm³/mol. The molecule has 1 N–H and O–H groups in total. The molecular weight excluding hydrogens is 494 g/mol. The van der Waals surface area contributed by atoms with Crippen molar-refractivity contribution in [2.45, 2.75) is 62.6 Å². The van der Waals surface area contributed by atoms with Gasteiger partial charge in [0.15, 0.2) is 5.16 Å². The van der Waals surface area contributed by atoms with Crippen LogP contribution >= 0.6 is 34.9 Å². The first-order valence-electron chi connectivity index (χ1n) is 10.9. The molecule has 34 heavy (non-hydrogen) atoms. The summed E-state index contributed by atoms with van der Waals surface area (Å²) in [6, 6.07) is 1.91. The normalized spacial score (nSPS) is 12.9. The molecule has 9 nitrogen and oxygen atoms in total. The van der Waals surface area contributed by atoms with Crippen molar-refractivity contribution in [2.24, 2.45) is 0 Å². The molecule has 0 aliphatic heterocycles. The first-order valence-corrected chi connectivity index (χ1v) is 13.7. The molecular formula is C22H25N5O4S3. The van der Waals surface area contributed by atoms with E-state index in [4.69, 9.17) is 9.15 Å². The monoisotopic (exact) mass is 519 g/mol. The van der Waals surface area contributed by atoms with E-state index in [1.165, 1.54) is 23.1 Å². The Morgan fingerprint density at radius 3 is 2.68 bits per heavy atom. The van der Waals surface area contributed by atoms with Crippen LogP contribution in [0.1, 0.15) is 57.8 Å². The summed E-state index contributed by atoms with van der Waals surface area (Å²) in [5.74, 6) is 0.335. The fraction of sp³-hybridized carbons (Fsp3) is 0.455. The van der Waals surface area contributed by atoms with Crippen molar-refractivity contribution >= 4 is 51.7 Å². The second-order valence-corrected chi connectivity index (χ2v) is 10.6. The van der Waals surface area contributed by atoms with Crippen molar-refractivity contribution in [2.75, 3.05) is 17.7 Å². The second-order valence-electron chi connectivity index (χ2n) is 7.66. The van der Waals surface area contributed by atoms with Crippen molar-refractivity contribution in [3.05, 3.63) is 39.3 Å². The molecule has 4 rings (SSSR count). The number of nitrogens with one attached hydrogen (secondary N) is 1. The zero-order valence-electron chi connectivity index (χ0n) is 19.2. The van der Waals surface area contributed by atoms with E-state index in [0.717, 1.165) is 59.3 Å². The number of ether oxygens (including phenoxy) is 1. The Morgan fingerprint density at radius 2 is 1.91 bits per heavy atom. The fourth-order valence-electron chi connectivity index (χ4n) is 3.60. The summed E-state index contributed by atoms with van der Waals surface area (Å²) in [6.07, 6.45) is 3.88. The van der Waals surface area contributed by atoms with Gasteiger partial charge in [0.05, 0.1) is 23.7 Å². The zero-order chi connectivity index (χ0) is 24.1. The largest absolute Gasteiger partial charge is 0.462 e. The number of fused-ring (bicyclic) bond motifs is 1. The lowest BCUT2D eigenvalue weighted by Crippen LogP contribution is -2.17. The third kappa shape index (κ3) is 6.16. The lowest BCUT2D eigenvalue weighted by Gasteiger charge is -2.12. The molecule has 12 heteroatoms. The van der Waals surface area contributed by atoms with Gasteiger partial charge in [0, 0.05) is 16.3 Å². The highest BCUT2D eigenvalue weighted by atomic mass is 32.2. The molecule has 3 aromatic rings. The van der Waals surface area contributed by atoms with E-state index in [0.29, 0.717) is 39.2 Å². The third-order valence-electron chi connectivity index (χ3n) is 4.97. The van der Waals surface area contributed by atoms with Crippen LogP contribution in [-0.2, 0) is 28.1 Å². The van der Waals surface area contributed by atoms with Crippen LogP contribution < -0.4 is 5.32 Å². The molecule has 1 amide bonds. The molecule has 0 unspecified atom stereocenters. The molecule has 0 aromatic carbocycles. The number of aromatic nitrogens is 4. The number of anilines is 1. The summed E-state index contributed by atoms with van der Waals surface area (Å²) in [7, 11) is 0. The van der Waals surface area contributed by atoms with Gasteiger partial charge in [-0.1, -0.05) is 23.5 Å². The third-order valence-corrected chi connectivity index (χ3v) is 7.82. The van der Waals surface area contributed by atoms with E-state index in [1.54, 1.807) is 6.92 Å². The highest BCUT2D eigenvalue weighted by Gasteiger charge is 2.27. The lowest BCUT2D eigenvalue weighted by molar-refractivity contribution is -0.113. The number of hydrogen-bond acceptors (Lipinski definition) is 11. The van der Waals surface area contributed by atoms with Gasteiger partial charge in [-0.15, -0.1) is 21.5 Å². The van der Waals surface area contributed by atoms with Gasteiger partial charge >= 0.3 is 5.97 Å². The van der Waals surface area contributed by atoms with Crippen molar-refractivity contribution in [1.29, 1.82) is 0 Å². The average Bonchev–Trinajstić information content (AvgIpc) is 3.40. The van der Waals surface area contributed by atoms with Crippen molar-refractivity contribution < 1.29 is 18.7 Å². The minimum Gasteiger partial charge on any atom is -0.462 e. The summed E-state index contributed by atoms with van der Waals surface area (Å²) in [6.45, 7) is 5.91. The topological polar surface area (TPSA) is 120 Å². The molecule has 0 bridgehead atoms. The molecule has 0 radical (unpaired) electrons. The number of aryl methyl sites for hydroxylation is 3. The number of hydrogen-bond donors (Lipinski definition) is 1. The highest BCUT2D eigenvalue weighted by molar-refractivity contribution is 7.99. The van der Waals surface area contributed by atoms with E-state index in [-0.39, 0.29) is 17.6 Å². The summed E-state index contributed by atoms with van der Waals surface area (Å²) < 4.78 is 10.9. The first-order chi connectivity index (χ1) is 16.4. The SMILES string of the molecule is CCOC(=O)c1c(NC(=O)CSc2nnc(CSc3nc(C)cc(C)n3)o2)sc2c1CCCC2. The van der Waals surface area contributed by atoms with Crippen LogP contribution in [0.3, 0.4) is 0 Å². The van der Waals surface area contributed by atoms with Crippen molar-refractivity contribution in [3.63, 3.8) is 0 Å². The van der Waals surface area contributed by atoms with Crippen LogP contribution in [0.4, 0.5) is 5.00 Å². The molecule has 0 saturated heterocycles. The predicted octanol–water partition coefficient (Wildman–Crippen LogP) is 4.62. The van der Waals surface area contributed by atoms with Crippen LogP contribution in [0.2, 0.25) is 0 Å². The molecule has 180 valence electrons. The van der Waals surface area contributed by atoms with E-state index in [1.807, 2.05) is 19.9 Å². The Kier molecular flexibility index (Phi) is 8.22. The number of carbonyl (C=O) groups excluding carboxylic acids is 2. The van der Waals surface area contributed by atoms with Gasteiger partial charge in [0.25, 0.3) is 5.22 Å². The molecule has 3 aromatic heterocycles. The van der Waals surface area contributed by atoms with Gasteiger partial charge in [-0.2, -0.15) is 0 Å². The quantitative estimate of drug-likeness (QED) is 0.244. The minimum absolute atomic E-state index is 0.0831. The van der Waals surface area contributed by atoms with Gasteiger partial charge in [-0.3, -0.25) is 4.79 Å². The van der Waals surface area contributed by atoms with Crippen LogP contribution in [0.15, 0.2) is 20.9 Å². The number of carbonyl (C=O) groups is 2. The van der Waals surface area contributed by atoms with Crippen LogP contribution in [0, 0.1) is 13.8 Å². The molecule has 0 saturated carbocycles. The molecule has 1 aliphatic carbocycles. The van der Waals surface area contributed by atoms with E-state index in [9.17, 15) is 9.59 Å². The second kappa shape index (κ2) is 11.3. The molecule has 3 heterocycles. The number of nitrogens with zero attached hydrogens (tertiary/aromatic N) is 4. The van der Waals surface area contributed by atoms with E-state index < -0.39 is 0 Å². The Hall–Kier alpha value is -2.44. The molecule has 1 aliphatic rings. The Labute approximate surface area is 209 Å². The number of esters is 1. The Morgan fingerprint density at radius 1 is 1.15 bits per heavy atom. The maximum atomic E-state index is 12.6. The number of rotatable bonds is 9. The Balaban J connectivity index is 1.34. The van der Waals surface area contributed by atoms with Gasteiger partial charge in [0.1, 0.15) is 5.00 Å². The summed E-state index contributed by atoms with van der Waals surface area (Å²) in [5, 5.41) is 12.5. The smallest absolute Gasteiger partial charge is 0.341 e. The van der Waals surface area contributed by atoms with Crippen molar-refractivity contribution in [3.8, 4) is 0 Å². The number of thiophene rings is 1.